The zero-order valence-corrected chi connectivity index (χ0v) is 12.6. The van der Waals surface area contributed by atoms with E-state index in [0.29, 0.717) is 5.92 Å². The van der Waals surface area contributed by atoms with Gasteiger partial charge in [-0.1, -0.05) is 19.9 Å². The number of aromatic hydroxyl groups is 2. The number of carbonyl (C=O) groups excluding carboxylic acids is 1. The second-order valence-corrected chi connectivity index (χ2v) is 5.74. The number of phenolic OH excluding ortho intramolecular Hbond substituents is 2. The predicted molar refractivity (Wildman–Crippen MR) is 79.0 cm³/mol. The summed E-state index contributed by atoms with van der Waals surface area (Å²) in [6.45, 7) is 4.92. The minimum Gasteiger partial charge on any atom is -0.504 e. The number of hydrogen-bond acceptors (Lipinski definition) is 4. The summed E-state index contributed by atoms with van der Waals surface area (Å²) < 4.78 is 0. The maximum absolute atomic E-state index is 12.2. The molecule has 5 nitrogen and oxygen atoms in total. The molecule has 20 heavy (non-hydrogen) atoms. The molecular weight excluding hydrogens is 256 g/mol. The maximum atomic E-state index is 12.2. The lowest BCUT2D eigenvalue weighted by Gasteiger charge is -2.24. The molecule has 0 saturated carbocycles. The first-order chi connectivity index (χ1) is 9.31. The third kappa shape index (κ3) is 4.74. The van der Waals surface area contributed by atoms with Crippen LogP contribution >= 0.6 is 0 Å². The first kappa shape index (κ1) is 16.3. The average Bonchev–Trinajstić information content (AvgIpc) is 2.30. The molecule has 0 heterocycles. The van der Waals surface area contributed by atoms with Gasteiger partial charge >= 0.3 is 0 Å². The van der Waals surface area contributed by atoms with Gasteiger partial charge in [-0.3, -0.25) is 4.79 Å². The van der Waals surface area contributed by atoms with E-state index >= 15 is 0 Å². The Balaban J connectivity index is 2.81. The fraction of sp³-hybridized carbons (Fsp3) is 0.533. The van der Waals surface area contributed by atoms with E-state index in [0.717, 1.165) is 13.0 Å². The molecule has 0 fully saturated rings. The van der Waals surface area contributed by atoms with Gasteiger partial charge in [0, 0.05) is 12.6 Å². The number of amides is 1. The molecule has 0 saturated heterocycles. The van der Waals surface area contributed by atoms with Crippen LogP contribution in [0, 0.1) is 5.92 Å². The Kier molecular flexibility index (Phi) is 5.82. The largest absolute Gasteiger partial charge is 0.504 e. The van der Waals surface area contributed by atoms with Crippen LogP contribution in [0.25, 0.3) is 0 Å². The molecule has 3 N–H and O–H groups in total. The van der Waals surface area contributed by atoms with Crippen LogP contribution in [0.5, 0.6) is 11.5 Å². The van der Waals surface area contributed by atoms with Crippen molar-refractivity contribution in [1.29, 1.82) is 0 Å². The summed E-state index contributed by atoms with van der Waals surface area (Å²) in [6, 6.07) is 4.37. The number of likely N-dealkylation sites (N-methyl/N-ethyl adjacent to an activating group) is 1. The normalized spacial score (nSPS) is 12.7. The lowest BCUT2D eigenvalue weighted by atomic mass is 10.0. The highest BCUT2D eigenvalue weighted by molar-refractivity contribution is 5.97. The van der Waals surface area contributed by atoms with Gasteiger partial charge < -0.3 is 20.4 Å². The van der Waals surface area contributed by atoms with Gasteiger partial charge in [-0.05, 0) is 38.6 Å². The Labute approximate surface area is 120 Å². The Hall–Kier alpha value is -1.75. The van der Waals surface area contributed by atoms with Crippen molar-refractivity contribution in [3.05, 3.63) is 23.8 Å². The number of hydrogen-bond donors (Lipinski definition) is 3. The smallest absolute Gasteiger partial charge is 0.255 e. The minimum absolute atomic E-state index is 0.000695. The molecule has 0 radical (unpaired) electrons. The molecule has 0 aliphatic rings. The van der Waals surface area contributed by atoms with Gasteiger partial charge in [0.05, 0.1) is 5.56 Å². The Morgan fingerprint density at radius 2 is 1.95 bits per heavy atom. The summed E-state index contributed by atoms with van der Waals surface area (Å²) in [5.74, 6) is -0.576. The maximum Gasteiger partial charge on any atom is 0.255 e. The number of phenols is 2. The molecular formula is C15H24N2O3. The molecule has 112 valence electrons. The molecule has 0 aliphatic heterocycles. The topological polar surface area (TPSA) is 72.8 Å². The van der Waals surface area contributed by atoms with E-state index in [-0.39, 0.29) is 29.0 Å². The van der Waals surface area contributed by atoms with Gasteiger partial charge in [0.15, 0.2) is 11.5 Å². The zero-order valence-electron chi connectivity index (χ0n) is 12.6. The van der Waals surface area contributed by atoms with Crippen LogP contribution in [-0.4, -0.2) is 47.7 Å². The number of nitrogens with zero attached hydrogens (tertiary/aromatic N) is 1. The Bertz CT molecular complexity index is 448. The quantitative estimate of drug-likeness (QED) is 0.695. The highest BCUT2D eigenvalue weighted by atomic mass is 16.3. The molecule has 0 aliphatic carbocycles. The predicted octanol–water partition coefficient (Wildman–Crippen LogP) is 1.80. The van der Waals surface area contributed by atoms with Crippen LogP contribution < -0.4 is 5.32 Å². The van der Waals surface area contributed by atoms with Gasteiger partial charge in [0.2, 0.25) is 0 Å². The van der Waals surface area contributed by atoms with Crippen LogP contribution in [-0.2, 0) is 0 Å². The monoisotopic (exact) mass is 280 g/mol. The fourth-order valence-electron chi connectivity index (χ4n) is 2.17. The van der Waals surface area contributed by atoms with Gasteiger partial charge in [0.1, 0.15) is 0 Å². The Morgan fingerprint density at radius 3 is 2.50 bits per heavy atom. The van der Waals surface area contributed by atoms with E-state index in [1.54, 1.807) is 0 Å². The van der Waals surface area contributed by atoms with E-state index in [9.17, 15) is 15.0 Å². The molecule has 1 aromatic rings. The van der Waals surface area contributed by atoms with Crippen molar-refractivity contribution in [2.24, 2.45) is 5.92 Å². The number of carbonyl (C=O) groups is 1. The second-order valence-electron chi connectivity index (χ2n) is 5.74. The lowest BCUT2D eigenvalue weighted by molar-refractivity contribution is 0.0921. The number of para-hydroxylation sites is 1. The molecule has 1 amide bonds. The summed E-state index contributed by atoms with van der Waals surface area (Å²) in [4.78, 5) is 14.2. The molecule has 1 atom stereocenters. The number of nitrogens with one attached hydrogen (secondary N) is 1. The van der Waals surface area contributed by atoms with Crippen molar-refractivity contribution in [2.75, 3.05) is 20.6 Å². The van der Waals surface area contributed by atoms with Crippen LogP contribution in [0.2, 0.25) is 0 Å². The van der Waals surface area contributed by atoms with Crippen LogP contribution in [0.15, 0.2) is 18.2 Å². The van der Waals surface area contributed by atoms with Crippen LogP contribution in [0.4, 0.5) is 0 Å². The molecule has 1 unspecified atom stereocenters. The van der Waals surface area contributed by atoms with Crippen molar-refractivity contribution in [3.63, 3.8) is 0 Å². The van der Waals surface area contributed by atoms with E-state index in [4.69, 9.17) is 0 Å². The summed E-state index contributed by atoms with van der Waals surface area (Å²) in [5.41, 5.74) is 0.0949. The lowest BCUT2D eigenvalue weighted by Crippen LogP contribution is -2.42. The molecule has 5 heteroatoms. The fourth-order valence-corrected chi connectivity index (χ4v) is 2.17. The first-order valence-electron chi connectivity index (χ1n) is 6.77. The second kappa shape index (κ2) is 7.14. The van der Waals surface area contributed by atoms with Crippen molar-refractivity contribution >= 4 is 5.91 Å². The van der Waals surface area contributed by atoms with Gasteiger partial charge in [-0.15, -0.1) is 0 Å². The van der Waals surface area contributed by atoms with Gasteiger partial charge in [-0.25, -0.2) is 0 Å². The van der Waals surface area contributed by atoms with Crippen molar-refractivity contribution in [1.82, 2.24) is 10.2 Å². The number of rotatable bonds is 6. The van der Waals surface area contributed by atoms with Gasteiger partial charge in [0.25, 0.3) is 5.91 Å². The highest BCUT2D eigenvalue weighted by Gasteiger charge is 2.19. The average molecular weight is 280 g/mol. The first-order valence-corrected chi connectivity index (χ1v) is 6.77. The number of benzene rings is 1. The standard InChI is InChI=1S/C15H24N2O3/c1-10(2)8-11(9-17(3)4)16-15(20)12-6-5-7-13(18)14(12)19/h5-7,10-11,18-19H,8-9H2,1-4H3,(H,16,20). The van der Waals surface area contributed by atoms with E-state index in [1.807, 2.05) is 19.0 Å². The summed E-state index contributed by atoms with van der Waals surface area (Å²) in [6.07, 6.45) is 0.851. The van der Waals surface area contributed by atoms with Crippen molar-refractivity contribution < 1.29 is 15.0 Å². The van der Waals surface area contributed by atoms with Gasteiger partial charge in [-0.2, -0.15) is 0 Å². The molecule has 1 rings (SSSR count). The summed E-state index contributed by atoms with van der Waals surface area (Å²) in [7, 11) is 3.90. The molecule has 0 spiro atoms. The van der Waals surface area contributed by atoms with E-state index in [2.05, 4.69) is 19.2 Å². The highest BCUT2D eigenvalue weighted by Crippen LogP contribution is 2.28. The zero-order chi connectivity index (χ0) is 15.3. The SMILES string of the molecule is CC(C)CC(CN(C)C)NC(=O)c1cccc(O)c1O. The van der Waals surface area contributed by atoms with Crippen LogP contribution in [0.1, 0.15) is 30.6 Å². The third-order valence-electron chi connectivity index (χ3n) is 2.94. The molecule has 1 aromatic carbocycles. The summed E-state index contributed by atoms with van der Waals surface area (Å²) >= 11 is 0. The minimum atomic E-state index is -0.377. The van der Waals surface area contributed by atoms with E-state index < -0.39 is 0 Å². The van der Waals surface area contributed by atoms with Crippen LogP contribution in [0.3, 0.4) is 0 Å². The molecule has 0 bridgehead atoms. The van der Waals surface area contributed by atoms with Crippen molar-refractivity contribution in [3.8, 4) is 11.5 Å². The summed E-state index contributed by atoms with van der Waals surface area (Å²) in [5, 5.41) is 22.1. The van der Waals surface area contributed by atoms with Crippen molar-refractivity contribution in [2.45, 2.75) is 26.3 Å². The third-order valence-corrected chi connectivity index (χ3v) is 2.94. The Morgan fingerprint density at radius 1 is 1.30 bits per heavy atom. The molecule has 0 aromatic heterocycles. The van der Waals surface area contributed by atoms with E-state index in [1.165, 1.54) is 18.2 Å².